The molecule has 0 saturated heterocycles. The van der Waals surface area contributed by atoms with Gasteiger partial charge in [-0.3, -0.25) is 0 Å². The molecule has 0 bridgehead atoms. The molecule has 1 fully saturated rings. The first kappa shape index (κ1) is 19.1. The highest BCUT2D eigenvalue weighted by Gasteiger charge is 2.29. The van der Waals surface area contributed by atoms with Gasteiger partial charge in [0, 0.05) is 35.4 Å². The van der Waals surface area contributed by atoms with Gasteiger partial charge in [0.1, 0.15) is 5.82 Å². The third-order valence-corrected chi connectivity index (χ3v) is 5.59. The monoisotopic (exact) mass is 408 g/mol. The van der Waals surface area contributed by atoms with Crippen molar-refractivity contribution in [1.82, 2.24) is 14.6 Å². The lowest BCUT2D eigenvalue weighted by Gasteiger charge is -2.14. The maximum atomic E-state index is 12.7. The van der Waals surface area contributed by atoms with Gasteiger partial charge in [0.05, 0.1) is 5.69 Å². The SMILES string of the molecule is OCC1CC[C@H](Nc2ccnc3cc(-c4cccc(SC(F)(F)F)c4)nn23)C1. The Morgan fingerprint density at radius 2 is 2.07 bits per heavy atom. The van der Waals surface area contributed by atoms with Crippen molar-refractivity contribution < 1.29 is 18.3 Å². The van der Waals surface area contributed by atoms with Crippen LogP contribution in [0.4, 0.5) is 19.0 Å². The number of rotatable bonds is 5. The van der Waals surface area contributed by atoms with Gasteiger partial charge in [-0.15, -0.1) is 0 Å². The maximum Gasteiger partial charge on any atom is 0.446 e. The number of benzene rings is 1. The van der Waals surface area contributed by atoms with Crippen molar-refractivity contribution >= 4 is 23.2 Å². The average Bonchev–Trinajstić information content (AvgIpc) is 3.27. The molecular formula is C19H19F3N4OS. The molecule has 3 aromatic rings. The third kappa shape index (κ3) is 4.25. The van der Waals surface area contributed by atoms with Crippen molar-refractivity contribution in [3.8, 4) is 11.3 Å². The minimum atomic E-state index is -4.33. The molecule has 0 aliphatic heterocycles. The van der Waals surface area contributed by atoms with Gasteiger partial charge in [-0.05, 0) is 55.1 Å². The zero-order chi connectivity index (χ0) is 19.7. The lowest BCUT2D eigenvalue weighted by Crippen LogP contribution is -2.18. The number of nitrogens with one attached hydrogen (secondary N) is 1. The molecule has 2 N–H and O–H groups in total. The summed E-state index contributed by atoms with van der Waals surface area (Å²) in [5.74, 6) is 1.09. The summed E-state index contributed by atoms with van der Waals surface area (Å²) in [6.45, 7) is 0.197. The van der Waals surface area contributed by atoms with Crippen molar-refractivity contribution in [3.63, 3.8) is 0 Å². The second kappa shape index (κ2) is 7.63. The van der Waals surface area contributed by atoms with Crippen LogP contribution in [-0.2, 0) is 0 Å². The van der Waals surface area contributed by atoms with Gasteiger partial charge in [0.2, 0.25) is 0 Å². The van der Waals surface area contributed by atoms with Crippen molar-refractivity contribution in [2.24, 2.45) is 5.92 Å². The Balaban J connectivity index is 1.61. The summed E-state index contributed by atoms with van der Waals surface area (Å²) in [6.07, 6.45) is 4.53. The van der Waals surface area contributed by atoms with Gasteiger partial charge in [-0.1, -0.05) is 12.1 Å². The van der Waals surface area contributed by atoms with Crippen molar-refractivity contribution in [3.05, 3.63) is 42.6 Å². The molecule has 0 radical (unpaired) electrons. The van der Waals surface area contributed by atoms with Gasteiger partial charge < -0.3 is 10.4 Å². The summed E-state index contributed by atoms with van der Waals surface area (Å²) in [5.41, 5.74) is -2.55. The molecule has 2 aromatic heterocycles. The van der Waals surface area contributed by atoms with E-state index in [1.165, 1.54) is 12.1 Å². The first-order chi connectivity index (χ1) is 13.4. The zero-order valence-electron chi connectivity index (χ0n) is 14.9. The van der Waals surface area contributed by atoms with Gasteiger partial charge in [0.25, 0.3) is 0 Å². The van der Waals surface area contributed by atoms with Gasteiger partial charge in [-0.25, -0.2) is 4.98 Å². The number of aliphatic hydroxyl groups is 1. The first-order valence-electron chi connectivity index (χ1n) is 8.99. The molecule has 1 unspecified atom stereocenters. The molecule has 28 heavy (non-hydrogen) atoms. The molecule has 1 aliphatic carbocycles. The molecule has 1 aliphatic rings. The van der Waals surface area contributed by atoms with E-state index in [2.05, 4.69) is 15.4 Å². The molecule has 1 saturated carbocycles. The van der Waals surface area contributed by atoms with Crippen LogP contribution in [0.15, 0.2) is 47.5 Å². The number of halogens is 3. The summed E-state index contributed by atoms with van der Waals surface area (Å²) in [4.78, 5) is 4.43. The summed E-state index contributed by atoms with van der Waals surface area (Å²) >= 11 is -0.140. The summed E-state index contributed by atoms with van der Waals surface area (Å²) in [5, 5.41) is 17.3. The van der Waals surface area contributed by atoms with E-state index in [0.29, 0.717) is 22.8 Å². The van der Waals surface area contributed by atoms with Crippen molar-refractivity contribution in [2.45, 2.75) is 35.7 Å². The number of fused-ring (bicyclic) bond motifs is 1. The Hall–Kier alpha value is -2.26. The fourth-order valence-electron chi connectivity index (χ4n) is 3.58. The second-order valence-electron chi connectivity index (χ2n) is 6.91. The van der Waals surface area contributed by atoms with E-state index in [9.17, 15) is 18.3 Å². The van der Waals surface area contributed by atoms with E-state index in [1.807, 2.05) is 6.07 Å². The number of aliphatic hydroxyl groups excluding tert-OH is 1. The summed E-state index contributed by atoms with van der Waals surface area (Å²) < 4.78 is 39.6. The Labute approximate surface area is 164 Å². The molecule has 2 atom stereocenters. The molecule has 148 valence electrons. The number of aromatic nitrogens is 3. The molecular weight excluding hydrogens is 389 g/mol. The third-order valence-electron chi connectivity index (χ3n) is 4.87. The fourth-order valence-corrected chi connectivity index (χ4v) is 4.18. The van der Waals surface area contributed by atoms with E-state index < -0.39 is 5.51 Å². The van der Waals surface area contributed by atoms with Crippen LogP contribution < -0.4 is 5.32 Å². The van der Waals surface area contributed by atoms with Crippen LogP contribution >= 0.6 is 11.8 Å². The zero-order valence-corrected chi connectivity index (χ0v) is 15.7. The van der Waals surface area contributed by atoms with Crippen molar-refractivity contribution in [1.29, 1.82) is 0 Å². The van der Waals surface area contributed by atoms with Gasteiger partial charge in [0.15, 0.2) is 5.65 Å². The Kier molecular flexibility index (Phi) is 5.20. The lowest BCUT2D eigenvalue weighted by molar-refractivity contribution is -0.0328. The van der Waals surface area contributed by atoms with Crippen molar-refractivity contribution in [2.75, 3.05) is 11.9 Å². The van der Waals surface area contributed by atoms with Crippen LogP contribution in [0.5, 0.6) is 0 Å². The average molecular weight is 408 g/mol. The highest BCUT2D eigenvalue weighted by Crippen LogP contribution is 2.38. The molecule has 0 spiro atoms. The number of alkyl halides is 3. The standard InChI is InChI=1S/C19H19F3N4OS/c20-19(21,22)28-15-3-1-2-13(9-15)16-10-18-23-7-6-17(26(18)25-16)24-14-5-4-12(8-14)11-27/h1-3,6-7,9-10,12,14,24,27H,4-5,8,11H2/t12?,14-/m0/s1. The largest absolute Gasteiger partial charge is 0.446 e. The normalized spacial score (nSPS) is 20.0. The van der Waals surface area contributed by atoms with E-state index in [4.69, 9.17) is 0 Å². The predicted molar refractivity (Wildman–Crippen MR) is 102 cm³/mol. The molecule has 1 aromatic carbocycles. The minimum absolute atomic E-state index is 0.120. The first-order valence-corrected chi connectivity index (χ1v) is 9.81. The number of nitrogens with zero attached hydrogens (tertiary/aromatic N) is 3. The molecule has 5 nitrogen and oxygen atoms in total. The van der Waals surface area contributed by atoms with E-state index >= 15 is 0 Å². The van der Waals surface area contributed by atoms with E-state index in [1.54, 1.807) is 28.9 Å². The van der Waals surface area contributed by atoms with Crippen LogP contribution in [-0.4, -0.2) is 37.9 Å². The predicted octanol–water partition coefficient (Wildman–Crippen LogP) is 4.58. The summed E-state index contributed by atoms with van der Waals surface area (Å²) in [7, 11) is 0. The van der Waals surface area contributed by atoms with E-state index in [-0.39, 0.29) is 29.3 Å². The highest BCUT2D eigenvalue weighted by molar-refractivity contribution is 8.00. The quantitative estimate of drug-likeness (QED) is 0.605. The van der Waals surface area contributed by atoms with Gasteiger partial charge in [-0.2, -0.15) is 22.8 Å². The Bertz CT molecular complexity index is 975. The van der Waals surface area contributed by atoms with Crippen LogP contribution in [0.3, 0.4) is 0 Å². The lowest BCUT2D eigenvalue weighted by atomic mass is 10.1. The van der Waals surface area contributed by atoms with E-state index in [0.717, 1.165) is 25.1 Å². The smallest absolute Gasteiger partial charge is 0.396 e. The van der Waals surface area contributed by atoms with Crippen LogP contribution in [0.1, 0.15) is 19.3 Å². The fraction of sp³-hybridized carbons (Fsp3) is 0.368. The number of hydrogen-bond donors (Lipinski definition) is 2. The van der Waals surface area contributed by atoms with Gasteiger partial charge >= 0.3 is 5.51 Å². The molecule has 4 rings (SSSR count). The maximum absolute atomic E-state index is 12.7. The number of hydrogen-bond acceptors (Lipinski definition) is 5. The number of thioether (sulfide) groups is 1. The second-order valence-corrected chi connectivity index (χ2v) is 8.05. The van der Waals surface area contributed by atoms with Crippen LogP contribution in [0.25, 0.3) is 16.9 Å². The summed E-state index contributed by atoms with van der Waals surface area (Å²) in [6, 6.07) is 10.1. The topological polar surface area (TPSA) is 62.5 Å². The highest BCUT2D eigenvalue weighted by atomic mass is 32.2. The number of anilines is 1. The Morgan fingerprint density at radius 3 is 2.82 bits per heavy atom. The van der Waals surface area contributed by atoms with Crippen LogP contribution in [0, 0.1) is 5.92 Å². The molecule has 2 heterocycles. The molecule has 0 amide bonds. The minimum Gasteiger partial charge on any atom is -0.396 e. The Morgan fingerprint density at radius 1 is 1.21 bits per heavy atom. The van der Waals surface area contributed by atoms with Crippen LogP contribution in [0.2, 0.25) is 0 Å². The molecule has 9 heteroatoms.